The van der Waals surface area contributed by atoms with E-state index < -0.39 is 0 Å². The van der Waals surface area contributed by atoms with Gasteiger partial charge in [0.05, 0.1) is 5.69 Å². The molecule has 2 N–H and O–H groups in total. The van der Waals surface area contributed by atoms with Crippen LogP contribution in [0, 0.1) is 0 Å². The van der Waals surface area contributed by atoms with Crippen molar-refractivity contribution in [2.75, 3.05) is 0 Å². The minimum Gasteiger partial charge on any atom is -0.319 e. The molecule has 0 atom stereocenters. The van der Waals surface area contributed by atoms with Crippen molar-refractivity contribution in [1.82, 2.24) is 40.4 Å². The second-order valence-corrected chi connectivity index (χ2v) is 8.64. The van der Waals surface area contributed by atoms with Crippen LogP contribution in [0.15, 0.2) is 53.3 Å². The van der Waals surface area contributed by atoms with Gasteiger partial charge in [0.25, 0.3) is 5.56 Å². The maximum Gasteiger partial charge on any atom is 0.290 e. The Balaban J connectivity index is 1.53. The van der Waals surface area contributed by atoms with Crippen LogP contribution in [0.2, 0.25) is 0 Å². The van der Waals surface area contributed by atoms with Crippen molar-refractivity contribution in [3.8, 4) is 22.5 Å². The fourth-order valence-electron chi connectivity index (χ4n) is 4.32. The molecule has 0 saturated carbocycles. The van der Waals surface area contributed by atoms with Gasteiger partial charge in [-0.2, -0.15) is 10.3 Å². The highest BCUT2D eigenvalue weighted by Crippen LogP contribution is 2.30. The minimum absolute atomic E-state index is 0.169. The molecule has 34 heavy (non-hydrogen) atoms. The molecular weight excluding hydrogens is 428 g/mol. The molecule has 0 saturated heterocycles. The molecule has 0 unspecified atom stereocenters. The van der Waals surface area contributed by atoms with Crippen molar-refractivity contribution in [3.05, 3.63) is 76.0 Å². The Morgan fingerprint density at radius 1 is 1.00 bits per heavy atom. The molecule has 3 heterocycles. The molecule has 0 amide bonds. The Kier molecular flexibility index (Phi) is 5.75. The molecule has 0 bridgehead atoms. The molecule has 172 valence electrons. The number of H-pyrrole nitrogens is 2. The Morgan fingerprint density at radius 3 is 2.44 bits per heavy atom. The van der Waals surface area contributed by atoms with Gasteiger partial charge < -0.3 is 4.57 Å². The molecular formula is C25H26N8O. The summed E-state index contributed by atoms with van der Waals surface area (Å²) in [7, 11) is 0. The van der Waals surface area contributed by atoms with E-state index in [-0.39, 0.29) is 11.5 Å². The molecule has 0 radical (unpaired) electrons. The van der Waals surface area contributed by atoms with E-state index in [2.05, 4.69) is 75.9 Å². The van der Waals surface area contributed by atoms with Crippen molar-refractivity contribution in [2.45, 2.75) is 46.1 Å². The topological polar surface area (TPSA) is 118 Å². The molecule has 5 aromatic rings. The van der Waals surface area contributed by atoms with Gasteiger partial charge in [-0.05, 0) is 28.3 Å². The zero-order valence-corrected chi connectivity index (χ0v) is 19.4. The molecule has 0 fully saturated rings. The summed E-state index contributed by atoms with van der Waals surface area (Å²) in [5.74, 6) is 1.61. The first-order valence-corrected chi connectivity index (χ1v) is 11.5. The summed E-state index contributed by atoms with van der Waals surface area (Å²) in [5.41, 5.74) is 6.00. The van der Waals surface area contributed by atoms with Crippen molar-refractivity contribution in [3.63, 3.8) is 0 Å². The number of hydrogen-bond acceptors (Lipinski definition) is 6. The fourth-order valence-corrected chi connectivity index (χ4v) is 4.32. The van der Waals surface area contributed by atoms with Gasteiger partial charge in [-0.3, -0.25) is 4.79 Å². The van der Waals surface area contributed by atoms with Gasteiger partial charge in [-0.15, -0.1) is 10.2 Å². The molecule has 9 heteroatoms. The molecule has 2 aromatic carbocycles. The highest BCUT2D eigenvalue weighted by Gasteiger charge is 2.20. The van der Waals surface area contributed by atoms with Gasteiger partial charge in [0, 0.05) is 18.0 Å². The summed E-state index contributed by atoms with van der Waals surface area (Å²) < 4.78 is 2.03. The summed E-state index contributed by atoms with van der Waals surface area (Å²) in [5, 5.41) is 21.4. The first-order valence-electron chi connectivity index (χ1n) is 11.5. The normalized spacial score (nSPS) is 11.5. The Hall–Kier alpha value is -4.14. The van der Waals surface area contributed by atoms with Gasteiger partial charge in [0.1, 0.15) is 16.9 Å². The number of aromatic nitrogens is 8. The van der Waals surface area contributed by atoms with Crippen LogP contribution < -0.4 is 5.56 Å². The Bertz CT molecular complexity index is 1480. The second kappa shape index (κ2) is 9.01. The van der Waals surface area contributed by atoms with Crippen LogP contribution in [0.3, 0.4) is 0 Å². The Labute approximate surface area is 196 Å². The molecule has 0 spiro atoms. The average Bonchev–Trinajstić information content (AvgIpc) is 3.51. The smallest absolute Gasteiger partial charge is 0.290 e. The summed E-state index contributed by atoms with van der Waals surface area (Å²) in [4.78, 5) is 17.6. The van der Waals surface area contributed by atoms with Crippen LogP contribution >= 0.6 is 0 Å². The summed E-state index contributed by atoms with van der Waals surface area (Å²) in [6.45, 7) is 6.83. The van der Waals surface area contributed by atoms with E-state index in [0.29, 0.717) is 23.4 Å². The third-order valence-electron chi connectivity index (χ3n) is 5.90. The van der Waals surface area contributed by atoms with E-state index in [9.17, 15) is 4.79 Å². The summed E-state index contributed by atoms with van der Waals surface area (Å²) in [6, 6.07) is 16.3. The first-order chi connectivity index (χ1) is 16.6. The standard InChI is InChI=1S/C25H26N8O/c1-4-7-20-21-22(25(34)30-27-20)33(24(26-21)15(2)3)14-16-10-12-17(13-11-16)18-8-5-6-9-19(18)23-28-31-32-29-23/h5-6,8-13,15H,4,7,14H2,1-3H3,(H,30,34)(H,28,29,31,32). The highest BCUT2D eigenvalue weighted by atomic mass is 16.1. The number of imidazole rings is 1. The lowest BCUT2D eigenvalue weighted by molar-refractivity contribution is 0.681. The molecule has 5 rings (SSSR count). The second-order valence-electron chi connectivity index (χ2n) is 8.64. The van der Waals surface area contributed by atoms with Crippen LogP contribution in [-0.4, -0.2) is 40.4 Å². The number of nitrogens with one attached hydrogen (secondary N) is 2. The van der Waals surface area contributed by atoms with Gasteiger partial charge in [0.2, 0.25) is 5.82 Å². The number of fused-ring (bicyclic) bond motifs is 1. The quantitative estimate of drug-likeness (QED) is 0.382. The van der Waals surface area contributed by atoms with E-state index in [1.165, 1.54) is 0 Å². The minimum atomic E-state index is -0.208. The van der Waals surface area contributed by atoms with E-state index >= 15 is 0 Å². The molecule has 0 aliphatic heterocycles. The molecule has 3 aromatic heterocycles. The van der Waals surface area contributed by atoms with Crippen molar-refractivity contribution >= 4 is 11.0 Å². The van der Waals surface area contributed by atoms with Gasteiger partial charge >= 0.3 is 0 Å². The van der Waals surface area contributed by atoms with Crippen LogP contribution in [0.5, 0.6) is 0 Å². The summed E-state index contributed by atoms with van der Waals surface area (Å²) >= 11 is 0. The maximum atomic E-state index is 12.8. The average molecular weight is 455 g/mol. The number of nitrogens with zero attached hydrogens (tertiary/aromatic N) is 6. The molecule has 0 aliphatic carbocycles. The van der Waals surface area contributed by atoms with Gasteiger partial charge in [0.15, 0.2) is 0 Å². The van der Waals surface area contributed by atoms with Crippen molar-refractivity contribution < 1.29 is 0 Å². The first kappa shape index (κ1) is 21.7. The van der Waals surface area contributed by atoms with E-state index in [4.69, 9.17) is 4.98 Å². The molecule has 0 aliphatic rings. The van der Waals surface area contributed by atoms with Crippen molar-refractivity contribution in [1.29, 1.82) is 0 Å². The molecule has 9 nitrogen and oxygen atoms in total. The SMILES string of the molecule is CCCc1n[nH]c(=O)c2c1nc(C(C)C)n2Cc1ccc(-c2ccccc2-c2nn[nH]n2)cc1. The lowest BCUT2D eigenvalue weighted by Crippen LogP contribution is -2.16. The largest absolute Gasteiger partial charge is 0.319 e. The maximum absolute atomic E-state index is 12.8. The number of hydrogen-bond donors (Lipinski definition) is 2. The van der Waals surface area contributed by atoms with Crippen LogP contribution in [0.1, 0.15) is 50.2 Å². The van der Waals surface area contributed by atoms with Crippen molar-refractivity contribution in [2.24, 2.45) is 0 Å². The van der Waals surface area contributed by atoms with Gasteiger partial charge in [-0.1, -0.05) is 75.7 Å². The summed E-state index contributed by atoms with van der Waals surface area (Å²) in [6.07, 6.45) is 1.71. The van der Waals surface area contributed by atoms with E-state index in [0.717, 1.165) is 46.6 Å². The lowest BCUT2D eigenvalue weighted by Gasteiger charge is -2.12. The third-order valence-corrected chi connectivity index (χ3v) is 5.90. The fraction of sp³-hybridized carbons (Fsp3) is 0.280. The number of rotatable bonds is 7. The van der Waals surface area contributed by atoms with Crippen LogP contribution in [-0.2, 0) is 13.0 Å². The third kappa shape index (κ3) is 3.89. The van der Waals surface area contributed by atoms with E-state index in [1.807, 2.05) is 28.8 Å². The zero-order chi connectivity index (χ0) is 23.7. The van der Waals surface area contributed by atoms with Crippen LogP contribution in [0.4, 0.5) is 0 Å². The predicted molar refractivity (Wildman–Crippen MR) is 130 cm³/mol. The monoisotopic (exact) mass is 454 g/mol. The van der Waals surface area contributed by atoms with Gasteiger partial charge in [-0.25, -0.2) is 10.1 Å². The number of aryl methyl sites for hydroxylation is 1. The lowest BCUT2D eigenvalue weighted by atomic mass is 9.98. The van der Waals surface area contributed by atoms with E-state index in [1.54, 1.807) is 0 Å². The highest BCUT2D eigenvalue weighted by molar-refractivity contribution is 5.80. The number of benzene rings is 2. The Morgan fingerprint density at radius 2 is 1.76 bits per heavy atom. The van der Waals surface area contributed by atoms with Crippen LogP contribution in [0.25, 0.3) is 33.5 Å². The number of aromatic amines is 2. The number of tetrazole rings is 1. The predicted octanol–water partition coefficient (Wildman–Crippen LogP) is 4.09. The zero-order valence-electron chi connectivity index (χ0n) is 19.4.